The standard InChI is InChI=1S/C15H9ClF5NO2/c16-9-2-4-13(24-7-15(19,20)21)12(6-9)22-14(23)8-1-3-10(17)11(18)5-8/h1-6H,7H2,(H,22,23). The fourth-order valence-corrected chi connectivity index (χ4v) is 1.89. The first kappa shape index (κ1) is 18.0. The molecule has 2 rings (SSSR count). The van der Waals surface area contributed by atoms with Crippen molar-refractivity contribution in [3.8, 4) is 5.75 Å². The van der Waals surface area contributed by atoms with E-state index in [1.54, 1.807) is 0 Å². The molecule has 2 aromatic rings. The van der Waals surface area contributed by atoms with E-state index in [1.807, 2.05) is 0 Å². The SMILES string of the molecule is O=C(Nc1cc(Cl)ccc1OCC(F)(F)F)c1ccc(F)c(F)c1. The number of carbonyl (C=O) groups is 1. The molecule has 24 heavy (non-hydrogen) atoms. The zero-order valence-electron chi connectivity index (χ0n) is 11.8. The lowest BCUT2D eigenvalue weighted by molar-refractivity contribution is -0.153. The van der Waals surface area contributed by atoms with Crippen LogP contribution in [0, 0.1) is 11.6 Å². The summed E-state index contributed by atoms with van der Waals surface area (Å²) in [6, 6.07) is 6.03. The van der Waals surface area contributed by atoms with Gasteiger partial charge >= 0.3 is 6.18 Å². The maximum absolute atomic E-state index is 13.1. The highest BCUT2D eigenvalue weighted by Crippen LogP contribution is 2.30. The number of carbonyl (C=O) groups excluding carboxylic acids is 1. The Kier molecular flexibility index (Phi) is 5.28. The first-order chi connectivity index (χ1) is 11.2. The summed E-state index contributed by atoms with van der Waals surface area (Å²) in [5, 5.41) is 2.38. The minimum atomic E-state index is -4.57. The molecule has 0 heterocycles. The van der Waals surface area contributed by atoms with Gasteiger partial charge in [-0.05, 0) is 36.4 Å². The van der Waals surface area contributed by atoms with Crippen molar-refractivity contribution >= 4 is 23.2 Å². The molecule has 0 aliphatic carbocycles. The molecule has 0 unspecified atom stereocenters. The van der Waals surface area contributed by atoms with Crippen LogP contribution in [0.1, 0.15) is 10.4 Å². The van der Waals surface area contributed by atoms with E-state index in [0.29, 0.717) is 6.07 Å². The fourth-order valence-electron chi connectivity index (χ4n) is 1.72. The Labute approximate surface area is 138 Å². The van der Waals surface area contributed by atoms with Crippen LogP contribution in [0.25, 0.3) is 0 Å². The normalized spacial score (nSPS) is 11.2. The molecule has 2 aromatic carbocycles. The fraction of sp³-hybridized carbons (Fsp3) is 0.133. The summed E-state index contributed by atoms with van der Waals surface area (Å²) < 4.78 is 67.4. The molecule has 0 radical (unpaired) electrons. The third kappa shape index (κ3) is 4.82. The number of benzene rings is 2. The van der Waals surface area contributed by atoms with Crippen molar-refractivity contribution in [3.05, 3.63) is 58.6 Å². The Bertz CT molecular complexity index is 764. The Morgan fingerprint density at radius 3 is 2.42 bits per heavy atom. The topological polar surface area (TPSA) is 38.3 Å². The highest BCUT2D eigenvalue weighted by atomic mass is 35.5. The number of ether oxygens (including phenoxy) is 1. The van der Waals surface area contributed by atoms with Crippen LogP contribution in [-0.4, -0.2) is 18.7 Å². The van der Waals surface area contributed by atoms with Gasteiger partial charge < -0.3 is 10.1 Å². The molecule has 0 aromatic heterocycles. The van der Waals surface area contributed by atoms with Crippen LogP contribution < -0.4 is 10.1 Å². The first-order valence-electron chi connectivity index (χ1n) is 6.41. The second kappa shape index (κ2) is 7.04. The minimum absolute atomic E-state index is 0.134. The van der Waals surface area contributed by atoms with Gasteiger partial charge in [0, 0.05) is 10.6 Å². The van der Waals surface area contributed by atoms with E-state index in [2.05, 4.69) is 10.1 Å². The van der Waals surface area contributed by atoms with E-state index < -0.39 is 30.3 Å². The zero-order chi connectivity index (χ0) is 17.9. The molecule has 1 N–H and O–H groups in total. The van der Waals surface area contributed by atoms with Crippen molar-refractivity contribution < 1.29 is 31.5 Å². The van der Waals surface area contributed by atoms with Gasteiger partial charge in [-0.25, -0.2) is 8.78 Å². The van der Waals surface area contributed by atoms with Crippen LogP contribution in [0.15, 0.2) is 36.4 Å². The molecular formula is C15H9ClF5NO2. The third-order valence-electron chi connectivity index (χ3n) is 2.76. The largest absolute Gasteiger partial charge is 0.482 e. The molecule has 0 saturated carbocycles. The summed E-state index contributed by atoms with van der Waals surface area (Å²) in [6.07, 6.45) is -4.57. The molecule has 0 spiro atoms. The average Bonchev–Trinajstić information content (AvgIpc) is 2.48. The zero-order valence-corrected chi connectivity index (χ0v) is 12.5. The van der Waals surface area contributed by atoms with Crippen LogP contribution in [0.2, 0.25) is 5.02 Å². The number of halogens is 6. The van der Waals surface area contributed by atoms with Gasteiger partial charge in [0.25, 0.3) is 5.91 Å². The van der Waals surface area contributed by atoms with Crippen LogP contribution >= 0.6 is 11.6 Å². The van der Waals surface area contributed by atoms with Crippen LogP contribution in [0.4, 0.5) is 27.6 Å². The maximum atomic E-state index is 13.1. The molecule has 0 atom stereocenters. The summed E-state index contributed by atoms with van der Waals surface area (Å²) in [7, 11) is 0. The molecule has 0 saturated heterocycles. The summed E-state index contributed by atoms with van der Waals surface area (Å²) >= 11 is 5.74. The summed E-state index contributed by atoms with van der Waals surface area (Å²) in [6.45, 7) is -1.57. The van der Waals surface area contributed by atoms with Gasteiger partial charge in [0.2, 0.25) is 0 Å². The number of hydrogen-bond donors (Lipinski definition) is 1. The second-order valence-electron chi connectivity index (χ2n) is 4.63. The van der Waals surface area contributed by atoms with Gasteiger partial charge in [-0.2, -0.15) is 13.2 Å². The van der Waals surface area contributed by atoms with Crippen molar-refractivity contribution in [2.24, 2.45) is 0 Å². The Morgan fingerprint density at radius 1 is 1.08 bits per heavy atom. The highest BCUT2D eigenvalue weighted by Gasteiger charge is 2.29. The van der Waals surface area contributed by atoms with Gasteiger partial charge in [-0.1, -0.05) is 11.6 Å². The predicted octanol–water partition coefficient (Wildman–Crippen LogP) is 4.81. The number of nitrogens with one attached hydrogen (secondary N) is 1. The molecule has 0 aliphatic heterocycles. The highest BCUT2D eigenvalue weighted by molar-refractivity contribution is 6.31. The molecule has 128 valence electrons. The molecule has 3 nitrogen and oxygen atoms in total. The molecule has 9 heteroatoms. The van der Waals surface area contributed by atoms with E-state index in [0.717, 1.165) is 18.2 Å². The number of rotatable bonds is 4. The average molecular weight is 366 g/mol. The van der Waals surface area contributed by atoms with E-state index in [-0.39, 0.29) is 22.0 Å². The van der Waals surface area contributed by atoms with Gasteiger partial charge in [0.15, 0.2) is 18.2 Å². The van der Waals surface area contributed by atoms with Crippen LogP contribution in [-0.2, 0) is 0 Å². The van der Waals surface area contributed by atoms with Crippen LogP contribution in [0.5, 0.6) is 5.75 Å². The predicted molar refractivity (Wildman–Crippen MR) is 77.3 cm³/mol. The lowest BCUT2D eigenvalue weighted by Crippen LogP contribution is -2.20. The Hall–Kier alpha value is -2.35. The summed E-state index contributed by atoms with van der Waals surface area (Å²) in [4.78, 5) is 12.0. The Morgan fingerprint density at radius 2 is 1.79 bits per heavy atom. The molecule has 1 amide bonds. The maximum Gasteiger partial charge on any atom is 0.422 e. The van der Waals surface area contributed by atoms with Gasteiger partial charge in [0.1, 0.15) is 5.75 Å². The first-order valence-corrected chi connectivity index (χ1v) is 6.79. The van der Waals surface area contributed by atoms with Crippen molar-refractivity contribution in [2.45, 2.75) is 6.18 Å². The van der Waals surface area contributed by atoms with Gasteiger partial charge in [-0.3, -0.25) is 4.79 Å². The Balaban J connectivity index is 2.22. The van der Waals surface area contributed by atoms with Crippen molar-refractivity contribution in [3.63, 3.8) is 0 Å². The molecule has 0 aliphatic rings. The summed E-state index contributed by atoms with van der Waals surface area (Å²) in [5.41, 5.74) is -0.364. The lowest BCUT2D eigenvalue weighted by Gasteiger charge is -2.14. The molecule has 0 bridgehead atoms. The van der Waals surface area contributed by atoms with E-state index in [1.165, 1.54) is 12.1 Å². The van der Waals surface area contributed by atoms with E-state index >= 15 is 0 Å². The van der Waals surface area contributed by atoms with Crippen LogP contribution in [0.3, 0.4) is 0 Å². The third-order valence-corrected chi connectivity index (χ3v) is 3.00. The van der Waals surface area contributed by atoms with Crippen molar-refractivity contribution in [1.82, 2.24) is 0 Å². The van der Waals surface area contributed by atoms with Gasteiger partial charge in [-0.15, -0.1) is 0 Å². The monoisotopic (exact) mass is 365 g/mol. The quantitative estimate of drug-likeness (QED) is 0.789. The number of alkyl halides is 3. The number of amides is 1. The van der Waals surface area contributed by atoms with Crippen molar-refractivity contribution in [1.29, 1.82) is 0 Å². The second-order valence-corrected chi connectivity index (χ2v) is 5.06. The molecular weight excluding hydrogens is 357 g/mol. The van der Waals surface area contributed by atoms with E-state index in [9.17, 15) is 26.7 Å². The van der Waals surface area contributed by atoms with Gasteiger partial charge in [0.05, 0.1) is 5.69 Å². The number of hydrogen-bond acceptors (Lipinski definition) is 2. The lowest BCUT2D eigenvalue weighted by atomic mass is 10.2. The smallest absolute Gasteiger partial charge is 0.422 e. The molecule has 0 fully saturated rings. The van der Waals surface area contributed by atoms with Crippen molar-refractivity contribution in [2.75, 3.05) is 11.9 Å². The summed E-state index contributed by atoms with van der Waals surface area (Å²) in [5.74, 6) is -3.51. The minimum Gasteiger partial charge on any atom is -0.482 e. The van der Waals surface area contributed by atoms with E-state index in [4.69, 9.17) is 11.6 Å². The number of anilines is 1.